The van der Waals surface area contributed by atoms with Crippen LogP contribution in [0.3, 0.4) is 0 Å². The van der Waals surface area contributed by atoms with E-state index in [1.807, 2.05) is 0 Å². The summed E-state index contributed by atoms with van der Waals surface area (Å²) in [5.41, 5.74) is -1.53. The molecule has 10 heteroatoms. The van der Waals surface area contributed by atoms with Gasteiger partial charge in [-0.15, -0.1) is 0 Å². The summed E-state index contributed by atoms with van der Waals surface area (Å²) in [5.74, 6) is 0. The molecule has 0 radical (unpaired) electrons. The highest BCUT2D eigenvalue weighted by atomic mass is 28.4. The zero-order valence-electron chi connectivity index (χ0n) is 21.5. The van der Waals surface area contributed by atoms with Gasteiger partial charge in [-0.3, -0.25) is 14.3 Å². The molecule has 0 aromatic carbocycles. The number of aliphatic hydroxyl groups excluding tert-OH is 1. The molecule has 0 spiro atoms. The molecule has 0 bridgehead atoms. The lowest BCUT2D eigenvalue weighted by Gasteiger charge is -2.41. The van der Waals surface area contributed by atoms with Gasteiger partial charge >= 0.3 is 5.69 Å². The number of aliphatic hydroxyl groups is 1. The van der Waals surface area contributed by atoms with Gasteiger partial charge in [0.2, 0.25) is 0 Å². The number of aromatic amines is 1. The molecular weight excluding hydrogens is 432 g/mol. The van der Waals surface area contributed by atoms with Gasteiger partial charge in [-0.2, -0.15) is 0 Å². The van der Waals surface area contributed by atoms with Crippen molar-refractivity contribution in [2.75, 3.05) is 6.61 Å². The van der Waals surface area contributed by atoms with Crippen molar-refractivity contribution in [3.63, 3.8) is 0 Å². The Labute approximate surface area is 188 Å². The van der Waals surface area contributed by atoms with E-state index in [2.05, 4.69) is 72.7 Å². The second kappa shape index (κ2) is 8.71. The van der Waals surface area contributed by atoms with E-state index >= 15 is 0 Å². The Morgan fingerprint density at radius 1 is 1.13 bits per heavy atom. The van der Waals surface area contributed by atoms with Crippen molar-refractivity contribution in [2.24, 2.45) is 0 Å². The molecule has 31 heavy (non-hydrogen) atoms. The van der Waals surface area contributed by atoms with Gasteiger partial charge in [0.05, 0.1) is 7.98 Å². The molecule has 1 aliphatic heterocycles. The van der Waals surface area contributed by atoms with Crippen LogP contribution in [-0.4, -0.2) is 56.2 Å². The highest BCUT2D eigenvalue weighted by Crippen LogP contribution is 2.42. The van der Waals surface area contributed by atoms with Crippen LogP contribution in [-0.2, 0) is 13.6 Å². The predicted molar refractivity (Wildman–Crippen MR) is 126 cm³/mol. The van der Waals surface area contributed by atoms with Crippen LogP contribution in [0.5, 0.6) is 0 Å². The molecule has 2 N–H and O–H groups in total. The Bertz CT molecular complexity index is 932. The second-order valence-electron chi connectivity index (χ2n) is 11.4. The Morgan fingerprint density at radius 2 is 1.68 bits per heavy atom. The third-order valence-electron chi connectivity index (χ3n) is 7.02. The lowest BCUT2D eigenvalue weighted by molar-refractivity contribution is -0.0528. The minimum atomic E-state index is -2.30. The molecule has 0 unspecified atom stereocenters. The van der Waals surface area contributed by atoms with Gasteiger partial charge in [0.15, 0.2) is 22.9 Å². The molecule has 1 aromatic rings. The molecule has 4 atom stereocenters. The Balaban J connectivity index is 2.41. The number of aromatic nitrogens is 2. The van der Waals surface area contributed by atoms with Crippen molar-refractivity contribution in [3.05, 3.63) is 33.1 Å². The maximum Gasteiger partial charge on any atom is 0.330 e. The quantitative estimate of drug-likeness (QED) is 0.615. The molecular formula is C21H40N2O6Si2. The normalized spacial score (nSPS) is 26.2. The minimum Gasteiger partial charge on any atom is -0.414 e. The minimum absolute atomic E-state index is 0.00458. The van der Waals surface area contributed by atoms with E-state index in [0.717, 1.165) is 10.8 Å². The van der Waals surface area contributed by atoms with E-state index in [-0.39, 0.29) is 22.7 Å². The van der Waals surface area contributed by atoms with Crippen LogP contribution in [0.15, 0.2) is 21.8 Å². The van der Waals surface area contributed by atoms with Crippen molar-refractivity contribution in [2.45, 2.75) is 102 Å². The maximum absolute atomic E-state index is 12.4. The fourth-order valence-electron chi connectivity index (χ4n) is 2.83. The zero-order chi connectivity index (χ0) is 24.9. The van der Waals surface area contributed by atoms with Crippen LogP contribution in [0.25, 0.3) is 0 Å². The largest absolute Gasteiger partial charge is 0.414 e. The van der Waals surface area contributed by atoms with Gasteiger partial charge in [-0.1, -0.05) is 41.5 Å². The number of rotatable bonds is 6. The molecule has 178 valence electrons. The van der Waals surface area contributed by atoms with Gasteiger partial charge in [0.25, 0.3) is 5.56 Å². The maximum atomic E-state index is 12.4. The average Bonchev–Trinajstić information content (AvgIpc) is 2.90. The molecule has 2 heterocycles. The number of nitrogens with zero attached hydrogens (tertiary/aromatic N) is 1. The smallest absolute Gasteiger partial charge is 0.330 e. The van der Waals surface area contributed by atoms with Crippen LogP contribution in [0, 0.1) is 0 Å². The van der Waals surface area contributed by atoms with Crippen LogP contribution in [0.1, 0.15) is 49.1 Å². The topological polar surface area (TPSA) is 103 Å². The molecule has 1 saturated heterocycles. The van der Waals surface area contributed by atoms with E-state index in [1.54, 1.807) is 0 Å². The number of hydrogen-bond acceptors (Lipinski definition) is 6. The van der Waals surface area contributed by atoms with Gasteiger partial charge < -0.3 is 18.7 Å². The standard InChI is InChI=1S/C21H40N2O6Si2/c1-20(2,3)30(7,8)27-13-14-17(29-31(9,10)21(4,5)6)16(25)18(28-14)23-12-11-15(24)22-19(23)26/h11-12,14,16-18,25H,13H2,1-10H3,(H,22,24,26)/t14-,16-,17-,18-/m1/s1/i11D. The summed E-state index contributed by atoms with van der Waals surface area (Å²) in [6, 6.07) is -0.386. The lowest BCUT2D eigenvalue weighted by Crippen LogP contribution is -2.51. The zero-order valence-corrected chi connectivity index (χ0v) is 22.5. The van der Waals surface area contributed by atoms with E-state index in [9.17, 15) is 14.7 Å². The van der Waals surface area contributed by atoms with Crippen molar-refractivity contribution in [3.8, 4) is 0 Å². The molecule has 0 aliphatic carbocycles. The van der Waals surface area contributed by atoms with E-state index in [0.29, 0.717) is 0 Å². The number of hydrogen-bond donors (Lipinski definition) is 2. The molecule has 0 saturated carbocycles. The van der Waals surface area contributed by atoms with Gasteiger partial charge in [0, 0.05) is 12.2 Å². The first-order valence-corrected chi connectivity index (χ1v) is 16.6. The summed E-state index contributed by atoms with van der Waals surface area (Å²) in [4.78, 5) is 26.1. The van der Waals surface area contributed by atoms with Crippen molar-refractivity contribution < 1.29 is 20.1 Å². The van der Waals surface area contributed by atoms with Gasteiger partial charge in [-0.25, -0.2) is 4.79 Å². The van der Waals surface area contributed by atoms with Crippen LogP contribution >= 0.6 is 0 Å². The SMILES string of the molecule is [2H]c1cn([C@@H]2O[C@H](CO[Si](C)(C)C(C)(C)C)[C@@H](O[Si](C)(C)C(C)(C)C)[C@H]2O)c(=O)[nH]c1=O. The first-order chi connectivity index (χ1) is 14.3. The van der Waals surface area contributed by atoms with Gasteiger partial charge in [0.1, 0.15) is 18.3 Å². The highest BCUT2D eigenvalue weighted by Gasteiger charge is 2.51. The summed E-state index contributed by atoms with van der Waals surface area (Å²) in [7, 11) is -4.40. The second-order valence-corrected chi connectivity index (χ2v) is 21.0. The monoisotopic (exact) mass is 473 g/mol. The summed E-state index contributed by atoms with van der Waals surface area (Å²) in [6.45, 7) is 21.4. The van der Waals surface area contributed by atoms with Crippen LogP contribution < -0.4 is 11.2 Å². The number of nitrogens with one attached hydrogen (secondary N) is 1. The summed E-state index contributed by atoms with van der Waals surface area (Å²) in [6.07, 6.45) is -2.48. The van der Waals surface area contributed by atoms with Crippen molar-refractivity contribution >= 4 is 16.6 Å². The van der Waals surface area contributed by atoms with Crippen LogP contribution in [0.4, 0.5) is 0 Å². The summed E-state index contributed by atoms with van der Waals surface area (Å²) < 4.78 is 27.9. The Morgan fingerprint density at radius 3 is 2.19 bits per heavy atom. The van der Waals surface area contributed by atoms with Crippen LogP contribution in [0.2, 0.25) is 36.3 Å². The Hall–Kier alpha value is -1.05. The van der Waals surface area contributed by atoms with E-state index in [1.165, 1.54) is 0 Å². The highest BCUT2D eigenvalue weighted by molar-refractivity contribution is 6.74. The number of ether oxygens (including phenoxy) is 1. The fraction of sp³-hybridized carbons (Fsp3) is 0.810. The fourth-order valence-corrected chi connectivity index (χ4v) is 5.17. The van der Waals surface area contributed by atoms with E-state index in [4.69, 9.17) is 15.0 Å². The van der Waals surface area contributed by atoms with Crippen molar-refractivity contribution in [1.82, 2.24) is 9.55 Å². The molecule has 0 amide bonds. The average molecular weight is 474 g/mol. The molecule has 2 rings (SSSR count). The molecule has 1 aromatic heterocycles. The number of H-pyrrole nitrogens is 1. The molecule has 1 aliphatic rings. The lowest BCUT2D eigenvalue weighted by atomic mass is 10.1. The molecule has 8 nitrogen and oxygen atoms in total. The molecule has 1 fully saturated rings. The van der Waals surface area contributed by atoms with Gasteiger partial charge in [-0.05, 0) is 36.3 Å². The first kappa shape index (κ1) is 24.6. The van der Waals surface area contributed by atoms with Crippen molar-refractivity contribution in [1.29, 1.82) is 0 Å². The van der Waals surface area contributed by atoms with E-state index < -0.39 is 52.4 Å². The first-order valence-electron chi connectivity index (χ1n) is 11.3. The summed E-state index contributed by atoms with van der Waals surface area (Å²) in [5, 5.41) is 11.1. The Kier molecular flexibility index (Phi) is 6.91. The third kappa shape index (κ3) is 5.66. The summed E-state index contributed by atoms with van der Waals surface area (Å²) >= 11 is 0. The predicted octanol–water partition coefficient (Wildman–Crippen LogP) is 3.21. The third-order valence-corrected chi connectivity index (χ3v) is 16.0.